The molecular formula is C8H16Br2. The smallest absolute Gasteiger partial charge is 0.0724 e. The number of hydrogen-bond acceptors (Lipinski definition) is 0. The number of rotatable bonds is 3. The van der Waals surface area contributed by atoms with Gasteiger partial charge in [-0.25, -0.2) is 0 Å². The van der Waals surface area contributed by atoms with Crippen LogP contribution in [-0.2, 0) is 0 Å². The first-order valence-corrected chi connectivity index (χ1v) is 5.32. The fourth-order valence-corrected chi connectivity index (χ4v) is 2.07. The molecule has 0 rings (SSSR count). The minimum Gasteiger partial charge on any atom is -0.0724 e. The summed E-state index contributed by atoms with van der Waals surface area (Å²) in [5.74, 6) is 1.37. The number of hydrogen-bond donors (Lipinski definition) is 0. The third-order valence-electron chi connectivity index (χ3n) is 1.53. The monoisotopic (exact) mass is 270 g/mol. The van der Waals surface area contributed by atoms with Crippen molar-refractivity contribution in [2.45, 2.75) is 37.3 Å². The Morgan fingerprint density at radius 3 is 1.60 bits per heavy atom. The normalized spacial score (nSPS) is 13.2. The standard InChI is InChI=1S/C8H16Br2/c1-6(2)5-8(9,10)7(3)4/h6-7H,5H2,1-4H3. The molecule has 2 heteroatoms. The highest BCUT2D eigenvalue weighted by Crippen LogP contribution is 2.39. The summed E-state index contributed by atoms with van der Waals surface area (Å²) in [4.78, 5) is 0. The van der Waals surface area contributed by atoms with Crippen LogP contribution in [0, 0.1) is 11.8 Å². The average Bonchev–Trinajstić information content (AvgIpc) is 1.60. The molecule has 0 fully saturated rings. The van der Waals surface area contributed by atoms with Crippen molar-refractivity contribution in [1.29, 1.82) is 0 Å². The van der Waals surface area contributed by atoms with Gasteiger partial charge in [0.25, 0.3) is 0 Å². The van der Waals surface area contributed by atoms with E-state index in [-0.39, 0.29) is 3.23 Å². The maximum Gasteiger partial charge on any atom is 0.0830 e. The predicted molar refractivity (Wildman–Crippen MR) is 54.9 cm³/mol. The van der Waals surface area contributed by atoms with Crippen molar-refractivity contribution in [1.82, 2.24) is 0 Å². The predicted octanol–water partition coefficient (Wildman–Crippen LogP) is 4.17. The minimum atomic E-state index is 0.147. The van der Waals surface area contributed by atoms with Crippen LogP contribution in [0.1, 0.15) is 34.1 Å². The van der Waals surface area contributed by atoms with Gasteiger partial charge in [-0.3, -0.25) is 0 Å². The van der Waals surface area contributed by atoms with E-state index in [0.29, 0.717) is 5.92 Å². The molecule has 0 heterocycles. The van der Waals surface area contributed by atoms with Crippen LogP contribution in [0.3, 0.4) is 0 Å². The van der Waals surface area contributed by atoms with Crippen molar-refractivity contribution in [3.8, 4) is 0 Å². The Morgan fingerprint density at radius 1 is 1.10 bits per heavy atom. The Hall–Kier alpha value is 0.960. The molecule has 0 aliphatic carbocycles. The minimum absolute atomic E-state index is 0.147. The van der Waals surface area contributed by atoms with Crippen molar-refractivity contribution in [2.24, 2.45) is 11.8 Å². The molecule has 0 aliphatic rings. The summed E-state index contributed by atoms with van der Waals surface area (Å²) in [6, 6.07) is 0. The molecule has 0 aliphatic heterocycles. The van der Waals surface area contributed by atoms with Gasteiger partial charge in [-0.15, -0.1) is 0 Å². The maximum absolute atomic E-state index is 3.66. The van der Waals surface area contributed by atoms with Crippen LogP contribution < -0.4 is 0 Å². The molecule has 0 N–H and O–H groups in total. The van der Waals surface area contributed by atoms with Crippen LogP contribution in [0.25, 0.3) is 0 Å². The van der Waals surface area contributed by atoms with Gasteiger partial charge >= 0.3 is 0 Å². The van der Waals surface area contributed by atoms with Crippen molar-refractivity contribution >= 4 is 31.9 Å². The highest BCUT2D eigenvalue weighted by atomic mass is 79.9. The summed E-state index contributed by atoms with van der Waals surface area (Å²) >= 11 is 7.33. The van der Waals surface area contributed by atoms with E-state index >= 15 is 0 Å². The summed E-state index contributed by atoms with van der Waals surface area (Å²) in [6.45, 7) is 8.90. The molecule has 0 radical (unpaired) electrons. The fraction of sp³-hybridized carbons (Fsp3) is 1.00. The molecule has 0 bridgehead atoms. The summed E-state index contributed by atoms with van der Waals surface area (Å²) in [5, 5.41) is 0. The lowest BCUT2D eigenvalue weighted by Gasteiger charge is -2.26. The molecule has 0 aromatic rings. The van der Waals surface area contributed by atoms with Gasteiger partial charge in [0.05, 0.1) is 3.23 Å². The van der Waals surface area contributed by atoms with E-state index in [1.165, 1.54) is 6.42 Å². The van der Waals surface area contributed by atoms with Crippen LogP contribution in [0.5, 0.6) is 0 Å². The van der Waals surface area contributed by atoms with Crippen molar-refractivity contribution in [2.75, 3.05) is 0 Å². The van der Waals surface area contributed by atoms with E-state index in [1.54, 1.807) is 0 Å². The first-order chi connectivity index (χ1) is 4.36. The lowest BCUT2D eigenvalue weighted by molar-refractivity contribution is 0.474. The van der Waals surface area contributed by atoms with Gasteiger partial charge in [-0.05, 0) is 18.3 Å². The van der Waals surface area contributed by atoms with Crippen LogP contribution in [0.15, 0.2) is 0 Å². The van der Waals surface area contributed by atoms with Crippen molar-refractivity contribution < 1.29 is 0 Å². The molecular weight excluding hydrogens is 256 g/mol. The zero-order valence-corrected chi connectivity index (χ0v) is 10.3. The second kappa shape index (κ2) is 4.10. The Kier molecular flexibility index (Phi) is 4.50. The topological polar surface area (TPSA) is 0 Å². The van der Waals surface area contributed by atoms with Gasteiger partial charge in [0.2, 0.25) is 0 Å². The molecule has 0 aromatic carbocycles. The molecule has 0 atom stereocenters. The maximum atomic E-state index is 3.66. The molecule has 0 aromatic heterocycles. The molecule has 0 amide bonds. The zero-order chi connectivity index (χ0) is 8.36. The van der Waals surface area contributed by atoms with Gasteiger partial charge in [-0.2, -0.15) is 0 Å². The highest BCUT2D eigenvalue weighted by molar-refractivity contribution is 9.25. The molecule has 0 saturated heterocycles. The van der Waals surface area contributed by atoms with Gasteiger partial charge in [0, 0.05) is 0 Å². The van der Waals surface area contributed by atoms with Crippen molar-refractivity contribution in [3.63, 3.8) is 0 Å². The largest absolute Gasteiger partial charge is 0.0830 e. The third-order valence-corrected chi connectivity index (χ3v) is 4.00. The van der Waals surface area contributed by atoms with Crippen LogP contribution in [0.2, 0.25) is 0 Å². The Balaban J connectivity index is 3.87. The number of alkyl halides is 2. The molecule has 0 nitrogen and oxygen atoms in total. The Labute approximate surface area is 81.0 Å². The van der Waals surface area contributed by atoms with Crippen LogP contribution in [-0.4, -0.2) is 3.23 Å². The lowest BCUT2D eigenvalue weighted by Crippen LogP contribution is -2.21. The second-order valence-electron chi connectivity index (χ2n) is 3.51. The van der Waals surface area contributed by atoms with Crippen LogP contribution in [0.4, 0.5) is 0 Å². The third kappa shape index (κ3) is 3.97. The number of halogens is 2. The molecule has 0 saturated carbocycles. The molecule has 0 spiro atoms. The first-order valence-electron chi connectivity index (χ1n) is 3.74. The SMILES string of the molecule is CC(C)CC(Br)(Br)C(C)C. The van der Waals surface area contributed by atoms with E-state index in [1.807, 2.05) is 0 Å². The first kappa shape index (κ1) is 11.0. The Bertz CT molecular complexity index is 95.4. The lowest BCUT2D eigenvalue weighted by atomic mass is 10.0. The molecule has 62 valence electrons. The summed E-state index contributed by atoms with van der Waals surface area (Å²) in [7, 11) is 0. The van der Waals surface area contributed by atoms with Crippen molar-refractivity contribution in [3.05, 3.63) is 0 Å². The fourth-order valence-electron chi connectivity index (χ4n) is 0.780. The van der Waals surface area contributed by atoms with E-state index < -0.39 is 0 Å². The molecule has 0 unspecified atom stereocenters. The summed E-state index contributed by atoms with van der Waals surface area (Å²) in [6.07, 6.45) is 1.17. The summed E-state index contributed by atoms with van der Waals surface area (Å²) < 4.78 is 0.147. The van der Waals surface area contributed by atoms with Crippen LogP contribution >= 0.6 is 31.9 Å². The summed E-state index contributed by atoms with van der Waals surface area (Å²) in [5.41, 5.74) is 0. The van der Waals surface area contributed by atoms with Gasteiger partial charge in [0.15, 0.2) is 0 Å². The van der Waals surface area contributed by atoms with Gasteiger partial charge < -0.3 is 0 Å². The molecule has 10 heavy (non-hydrogen) atoms. The zero-order valence-electron chi connectivity index (χ0n) is 7.12. The van der Waals surface area contributed by atoms with Gasteiger partial charge in [-0.1, -0.05) is 59.6 Å². The Morgan fingerprint density at radius 2 is 1.50 bits per heavy atom. The second-order valence-corrected chi connectivity index (χ2v) is 7.41. The van der Waals surface area contributed by atoms with E-state index in [2.05, 4.69) is 59.6 Å². The quantitative estimate of drug-likeness (QED) is 0.676. The average molecular weight is 272 g/mol. The van der Waals surface area contributed by atoms with Gasteiger partial charge in [0.1, 0.15) is 0 Å². The van der Waals surface area contributed by atoms with E-state index in [9.17, 15) is 0 Å². The highest BCUT2D eigenvalue weighted by Gasteiger charge is 2.27. The van der Waals surface area contributed by atoms with E-state index in [0.717, 1.165) is 5.92 Å². The van der Waals surface area contributed by atoms with E-state index in [4.69, 9.17) is 0 Å².